The van der Waals surface area contributed by atoms with Gasteiger partial charge in [0.05, 0.1) is 23.4 Å². The van der Waals surface area contributed by atoms with E-state index in [9.17, 15) is 9.90 Å². The van der Waals surface area contributed by atoms with Gasteiger partial charge in [-0.3, -0.25) is 9.89 Å². The van der Waals surface area contributed by atoms with Crippen LogP contribution < -0.4 is 5.32 Å². The molecule has 0 saturated heterocycles. The summed E-state index contributed by atoms with van der Waals surface area (Å²) in [6, 6.07) is 6.38. The van der Waals surface area contributed by atoms with Crippen LogP contribution >= 0.6 is 35.0 Å². The molecule has 1 heterocycles. The van der Waals surface area contributed by atoms with Crippen molar-refractivity contribution in [2.24, 2.45) is 0 Å². The van der Waals surface area contributed by atoms with Gasteiger partial charge in [-0.2, -0.15) is 16.9 Å². The zero-order chi connectivity index (χ0) is 16.8. The highest BCUT2D eigenvalue weighted by Gasteiger charge is 2.16. The molecule has 1 aromatic carbocycles. The zero-order valence-electron chi connectivity index (χ0n) is 12.5. The molecule has 1 aromatic heterocycles. The summed E-state index contributed by atoms with van der Waals surface area (Å²) in [7, 11) is 0. The third-order valence-corrected chi connectivity index (χ3v) is 4.46. The summed E-state index contributed by atoms with van der Waals surface area (Å²) in [6.45, 7) is -0.104. The normalized spacial score (nSPS) is 12.2. The highest BCUT2D eigenvalue weighted by atomic mass is 35.5. The summed E-state index contributed by atoms with van der Waals surface area (Å²) < 4.78 is 0. The second-order valence-electron chi connectivity index (χ2n) is 4.93. The van der Waals surface area contributed by atoms with Crippen molar-refractivity contribution in [3.8, 4) is 11.3 Å². The Labute approximate surface area is 148 Å². The van der Waals surface area contributed by atoms with E-state index in [-0.39, 0.29) is 18.6 Å². The molecule has 8 heteroatoms. The van der Waals surface area contributed by atoms with Gasteiger partial charge < -0.3 is 10.4 Å². The van der Waals surface area contributed by atoms with Gasteiger partial charge in [0.1, 0.15) is 5.69 Å². The fourth-order valence-electron chi connectivity index (χ4n) is 2.00. The number of hydrogen-bond acceptors (Lipinski definition) is 4. The highest BCUT2D eigenvalue weighted by molar-refractivity contribution is 7.98. The van der Waals surface area contributed by atoms with Crippen LogP contribution in [0.15, 0.2) is 24.3 Å². The molecule has 0 spiro atoms. The fourth-order valence-corrected chi connectivity index (χ4v) is 2.91. The molecule has 0 unspecified atom stereocenters. The molecular formula is C15H17Cl2N3O2S. The summed E-state index contributed by atoms with van der Waals surface area (Å²) in [6.07, 6.45) is 2.68. The molecular weight excluding hydrogens is 357 g/mol. The van der Waals surface area contributed by atoms with Crippen LogP contribution in [0, 0.1) is 0 Å². The molecule has 0 aliphatic carbocycles. The minimum Gasteiger partial charge on any atom is -0.394 e. The van der Waals surface area contributed by atoms with Crippen LogP contribution in [0.1, 0.15) is 16.9 Å². The average Bonchev–Trinajstić information content (AvgIpc) is 3.03. The van der Waals surface area contributed by atoms with Crippen LogP contribution in [-0.4, -0.2) is 45.9 Å². The lowest BCUT2D eigenvalue weighted by Crippen LogP contribution is -2.38. The molecule has 23 heavy (non-hydrogen) atoms. The number of rotatable bonds is 7. The number of halogens is 2. The monoisotopic (exact) mass is 373 g/mol. The Kier molecular flexibility index (Phi) is 6.77. The van der Waals surface area contributed by atoms with Gasteiger partial charge in [0.15, 0.2) is 0 Å². The number of aliphatic hydroxyl groups excluding tert-OH is 1. The predicted octanol–water partition coefficient (Wildman–Crippen LogP) is 3.23. The van der Waals surface area contributed by atoms with Crippen molar-refractivity contribution in [3.63, 3.8) is 0 Å². The first-order valence-electron chi connectivity index (χ1n) is 6.96. The molecule has 2 aromatic rings. The van der Waals surface area contributed by atoms with E-state index in [1.807, 2.05) is 6.26 Å². The number of thioether (sulfide) groups is 1. The van der Waals surface area contributed by atoms with E-state index in [2.05, 4.69) is 15.5 Å². The first-order chi connectivity index (χ1) is 11.0. The number of aliphatic hydroxyl groups is 1. The number of nitrogens with one attached hydrogen (secondary N) is 2. The molecule has 0 saturated carbocycles. The van der Waals surface area contributed by atoms with Crippen LogP contribution in [0.25, 0.3) is 11.3 Å². The summed E-state index contributed by atoms with van der Waals surface area (Å²) >= 11 is 13.8. The Morgan fingerprint density at radius 3 is 2.91 bits per heavy atom. The van der Waals surface area contributed by atoms with Gasteiger partial charge in [0.25, 0.3) is 5.91 Å². The third-order valence-electron chi connectivity index (χ3n) is 3.25. The smallest absolute Gasteiger partial charge is 0.269 e. The molecule has 2 rings (SSSR count). The maximum Gasteiger partial charge on any atom is 0.269 e. The molecule has 0 aliphatic heterocycles. The van der Waals surface area contributed by atoms with Crippen molar-refractivity contribution in [2.75, 3.05) is 18.6 Å². The van der Waals surface area contributed by atoms with Crippen LogP contribution in [0.5, 0.6) is 0 Å². The Hall–Kier alpha value is -1.21. The van der Waals surface area contributed by atoms with E-state index in [1.165, 1.54) is 0 Å². The fraction of sp³-hybridized carbons (Fsp3) is 0.333. The van der Waals surface area contributed by atoms with Crippen molar-refractivity contribution < 1.29 is 9.90 Å². The molecule has 0 aliphatic rings. The first-order valence-corrected chi connectivity index (χ1v) is 9.11. The molecule has 0 fully saturated rings. The number of H-pyrrole nitrogens is 1. The molecule has 5 nitrogen and oxygen atoms in total. The minimum absolute atomic E-state index is 0.104. The number of hydrogen-bond donors (Lipinski definition) is 3. The molecule has 0 radical (unpaired) electrons. The summed E-state index contributed by atoms with van der Waals surface area (Å²) in [5.41, 5.74) is 1.49. The van der Waals surface area contributed by atoms with Gasteiger partial charge in [-0.15, -0.1) is 0 Å². The Bertz CT molecular complexity index is 678. The van der Waals surface area contributed by atoms with Crippen molar-refractivity contribution >= 4 is 40.9 Å². The molecule has 1 amide bonds. The Balaban J connectivity index is 2.12. The lowest BCUT2D eigenvalue weighted by atomic mass is 10.1. The first kappa shape index (κ1) is 18.1. The van der Waals surface area contributed by atoms with E-state index in [0.29, 0.717) is 33.4 Å². The van der Waals surface area contributed by atoms with Crippen molar-refractivity contribution in [1.29, 1.82) is 0 Å². The largest absolute Gasteiger partial charge is 0.394 e. The maximum atomic E-state index is 12.2. The minimum atomic E-state index is -0.318. The second kappa shape index (κ2) is 8.59. The maximum absolute atomic E-state index is 12.2. The lowest BCUT2D eigenvalue weighted by Gasteiger charge is -2.14. The Morgan fingerprint density at radius 1 is 1.43 bits per heavy atom. The van der Waals surface area contributed by atoms with Crippen molar-refractivity contribution in [2.45, 2.75) is 12.5 Å². The number of aromatic nitrogens is 2. The predicted molar refractivity (Wildman–Crippen MR) is 95.4 cm³/mol. The van der Waals surface area contributed by atoms with Gasteiger partial charge in [-0.05, 0) is 42.7 Å². The molecule has 3 N–H and O–H groups in total. The molecule has 1 atom stereocenters. The standard InChI is InChI=1S/C15H17Cl2N3O2S/c1-23-5-4-10(8-21)18-15(22)14-7-13(19-20-14)11-6-9(16)2-3-12(11)17/h2-3,6-7,10,21H,4-5,8H2,1H3,(H,18,22)(H,19,20)/t10-/m1/s1. The zero-order valence-corrected chi connectivity index (χ0v) is 14.8. The second-order valence-corrected chi connectivity index (χ2v) is 6.75. The van der Waals surface area contributed by atoms with E-state index in [4.69, 9.17) is 23.2 Å². The van der Waals surface area contributed by atoms with Crippen molar-refractivity contribution in [3.05, 3.63) is 40.0 Å². The number of carbonyl (C=O) groups excluding carboxylic acids is 1. The topological polar surface area (TPSA) is 78.0 Å². The number of carbonyl (C=O) groups is 1. The summed E-state index contributed by atoms with van der Waals surface area (Å²) in [5, 5.41) is 19.9. The average molecular weight is 374 g/mol. The number of aromatic amines is 1. The number of amides is 1. The van der Waals surface area contributed by atoms with Gasteiger partial charge in [0.2, 0.25) is 0 Å². The highest BCUT2D eigenvalue weighted by Crippen LogP contribution is 2.29. The van der Waals surface area contributed by atoms with Crippen LogP contribution in [0.2, 0.25) is 10.0 Å². The molecule has 0 bridgehead atoms. The van der Waals surface area contributed by atoms with E-state index >= 15 is 0 Å². The van der Waals surface area contributed by atoms with Crippen LogP contribution in [0.3, 0.4) is 0 Å². The number of nitrogens with zero attached hydrogens (tertiary/aromatic N) is 1. The quantitative estimate of drug-likeness (QED) is 0.695. The van der Waals surface area contributed by atoms with E-state index in [1.54, 1.807) is 36.0 Å². The van der Waals surface area contributed by atoms with Crippen LogP contribution in [-0.2, 0) is 0 Å². The van der Waals surface area contributed by atoms with E-state index in [0.717, 1.165) is 5.75 Å². The number of benzene rings is 1. The summed E-state index contributed by atoms with van der Waals surface area (Å²) in [4.78, 5) is 12.2. The summed E-state index contributed by atoms with van der Waals surface area (Å²) in [5.74, 6) is 0.541. The van der Waals surface area contributed by atoms with E-state index < -0.39 is 0 Å². The molecule has 124 valence electrons. The van der Waals surface area contributed by atoms with Gasteiger partial charge in [-0.25, -0.2) is 0 Å². The van der Waals surface area contributed by atoms with Crippen LogP contribution in [0.4, 0.5) is 0 Å². The van der Waals surface area contributed by atoms with Gasteiger partial charge in [-0.1, -0.05) is 23.2 Å². The lowest BCUT2D eigenvalue weighted by molar-refractivity contribution is 0.0910. The third kappa shape index (κ3) is 4.88. The van der Waals surface area contributed by atoms with Crippen molar-refractivity contribution in [1.82, 2.24) is 15.5 Å². The van der Waals surface area contributed by atoms with Gasteiger partial charge >= 0.3 is 0 Å². The SMILES string of the molecule is CSCC[C@H](CO)NC(=O)c1cc(-c2cc(Cl)ccc2Cl)n[nH]1. The van der Waals surface area contributed by atoms with Gasteiger partial charge in [0, 0.05) is 10.6 Å². The Morgan fingerprint density at radius 2 is 2.22 bits per heavy atom.